The lowest BCUT2D eigenvalue weighted by molar-refractivity contribution is 0.332. The van der Waals surface area contributed by atoms with Gasteiger partial charge in [0.15, 0.2) is 11.5 Å². The number of benzene rings is 1. The Balaban J connectivity index is 2.77. The highest BCUT2D eigenvalue weighted by atomic mass is 16.5. The molecule has 0 bridgehead atoms. The second-order valence-corrected chi connectivity index (χ2v) is 4.54. The van der Waals surface area contributed by atoms with Crippen LogP contribution in [0.15, 0.2) is 0 Å². The van der Waals surface area contributed by atoms with Gasteiger partial charge in [-0.1, -0.05) is 0 Å². The van der Waals surface area contributed by atoms with Gasteiger partial charge in [0.05, 0.1) is 21.3 Å². The third kappa shape index (κ3) is 1.81. The molecule has 1 heterocycles. The highest BCUT2D eigenvalue weighted by Gasteiger charge is 2.29. The van der Waals surface area contributed by atoms with Crippen LogP contribution in [-0.4, -0.2) is 27.9 Å². The Kier molecular flexibility index (Phi) is 3.66. The zero-order chi connectivity index (χ0) is 13.3. The van der Waals surface area contributed by atoms with Crippen LogP contribution < -0.4 is 19.5 Å². The van der Waals surface area contributed by atoms with Gasteiger partial charge < -0.3 is 19.5 Å². The van der Waals surface area contributed by atoms with E-state index in [-0.39, 0.29) is 6.04 Å². The van der Waals surface area contributed by atoms with Crippen LogP contribution in [0.2, 0.25) is 0 Å². The molecule has 0 aliphatic carbocycles. The van der Waals surface area contributed by atoms with E-state index in [1.165, 1.54) is 5.56 Å². The van der Waals surface area contributed by atoms with E-state index in [9.17, 15) is 0 Å². The highest BCUT2D eigenvalue weighted by molar-refractivity contribution is 5.64. The van der Waals surface area contributed by atoms with Gasteiger partial charge in [-0.05, 0) is 26.8 Å². The summed E-state index contributed by atoms with van der Waals surface area (Å²) in [5.74, 6) is 2.52. The molecule has 0 spiro atoms. The molecule has 1 aromatic carbocycles. The second-order valence-electron chi connectivity index (χ2n) is 4.54. The standard InChI is InChI=1S/C14H21NO3/c1-8-12(16-3)10-6-7-15-9(2)11(10)14(18-5)13(8)17-4/h9,15H,6-7H2,1-5H3. The largest absolute Gasteiger partial charge is 0.496 e. The summed E-state index contributed by atoms with van der Waals surface area (Å²) < 4.78 is 16.6. The lowest BCUT2D eigenvalue weighted by Gasteiger charge is -2.30. The molecule has 4 nitrogen and oxygen atoms in total. The molecule has 1 N–H and O–H groups in total. The zero-order valence-electron chi connectivity index (χ0n) is 11.7. The molecule has 0 saturated heterocycles. The molecule has 1 aromatic rings. The first-order valence-electron chi connectivity index (χ1n) is 6.20. The highest BCUT2D eigenvalue weighted by Crippen LogP contribution is 2.47. The minimum absolute atomic E-state index is 0.243. The topological polar surface area (TPSA) is 39.7 Å². The van der Waals surface area contributed by atoms with Crippen LogP contribution in [0.3, 0.4) is 0 Å². The Bertz CT molecular complexity index is 432. The fourth-order valence-electron chi connectivity index (χ4n) is 2.83. The van der Waals surface area contributed by atoms with Crippen LogP contribution in [0, 0.1) is 6.92 Å². The van der Waals surface area contributed by atoms with E-state index >= 15 is 0 Å². The summed E-state index contributed by atoms with van der Waals surface area (Å²) >= 11 is 0. The third-order valence-corrected chi connectivity index (χ3v) is 3.60. The van der Waals surface area contributed by atoms with Gasteiger partial charge in [0, 0.05) is 22.7 Å². The summed E-state index contributed by atoms with van der Waals surface area (Å²) in [5.41, 5.74) is 3.40. The van der Waals surface area contributed by atoms with Gasteiger partial charge in [-0.25, -0.2) is 0 Å². The van der Waals surface area contributed by atoms with E-state index in [0.717, 1.165) is 41.3 Å². The molecule has 100 valence electrons. The Labute approximate surface area is 108 Å². The van der Waals surface area contributed by atoms with Gasteiger partial charge in [0.1, 0.15) is 5.75 Å². The molecule has 0 saturated carbocycles. The van der Waals surface area contributed by atoms with Crippen molar-refractivity contribution in [1.82, 2.24) is 5.32 Å². The Morgan fingerprint density at radius 2 is 1.61 bits per heavy atom. The molecule has 1 aliphatic heterocycles. The molecule has 1 aliphatic rings. The molecule has 2 rings (SSSR count). The predicted octanol–water partition coefficient (Wildman–Crippen LogP) is 2.23. The van der Waals surface area contributed by atoms with Crippen molar-refractivity contribution >= 4 is 0 Å². The lowest BCUT2D eigenvalue weighted by atomic mass is 9.90. The molecule has 4 heteroatoms. The van der Waals surface area contributed by atoms with E-state index in [1.807, 2.05) is 6.92 Å². The molecule has 0 radical (unpaired) electrons. The number of hydrogen-bond acceptors (Lipinski definition) is 4. The minimum Gasteiger partial charge on any atom is -0.496 e. The maximum atomic E-state index is 5.57. The van der Waals surface area contributed by atoms with E-state index in [2.05, 4.69) is 12.2 Å². The van der Waals surface area contributed by atoms with Gasteiger partial charge in [-0.2, -0.15) is 0 Å². The van der Waals surface area contributed by atoms with E-state index in [0.29, 0.717) is 0 Å². The zero-order valence-corrected chi connectivity index (χ0v) is 11.7. The summed E-state index contributed by atoms with van der Waals surface area (Å²) in [6.07, 6.45) is 0.948. The van der Waals surface area contributed by atoms with Crippen molar-refractivity contribution < 1.29 is 14.2 Å². The van der Waals surface area contributed by atoms with Gasteiger partial charge in [-0.3, -0.25) is 0 Å². The first kappa shape index (κ1) is 13.0. The van der Waals surface area contributed by atoms with Crippen molar-refractivity contribution in [3.05, 3.63) is 16.7 Å². The van der Waals surface area contributed by atoms with Crippen molar-refractivity contribution in [2.24, 2.45) is 0 Å². The maximum Gasteiger partial charge on any atom is 0.167 e. The minimum atomic E-state index is 0.243. The van der Waals surface area contributed by atoms with Crippen molar-refractivity contribution in [2.75, 3.05) is 27.9 Å². The summed E-state index contributed by atoms with van der Waals surface area (Å²) in [6, 6.07) is 0.243. The molecule has 0 aromatic heterocycles. The molecule has 0 fully saturated rings. The Morgan fingerprint density at radius 1 is 1.00 bits per heavy atom. The Morgan fingerprint density at radius 3 is 2.17 bits per heavy atom. The average molecular weight is 251 g/mol. The smallest absolute Gasteiger partial charge is 0.167 e. The van der Waals surface area contributed by atoms with Gasteiger partial charge >= 0.3 is 0 Å². The fraction of sp³-hybridized carbons (Fsp3) is 0.571. The van der Waals surface area contributed by atoms with Crippen LogP contribution >= 0.6 is 0 Å². The summed E-state index contributed by atoms with van der Waals surface area (Å²) in [7, 11) is 5.06. The molecular formula is C14H21NO3. The maximum absolute atomic E-state index is 5.57. The average Bonchev–Trinajstić information content (AvgIpc) is 2.37. The summed E-state index contributed by atoms with van der Waals surface area (Å²) in [4.78, 5) is 0. The Hall–Kier alpha value is -1.42. The van der Waals surface area contributed by atoms with Crippen LogP contribution in [0.4, 0.5) is 0 Å². The number of fused-ring (bicyclic) bond motifs is 1. The van der Waals surface area contributed by atoms with E-state index in [1.54, 1.807) is 21.3 Å². The number of ether oxygens (including phenoxy) is 3. The van der Waals surface area contributed by atoms with Crippen molar-refractivity contribution in [3.8, 4) is 17.2 Å². The summed E-state index contributed by atoms with van der Waals surface area (Å²) in [5, 5.41) is 3.44. The quantitative estimate of drug-likeness (QED) is 0.894. The second kappa shape index (κ2) is 5.06. The molecule has 0 amide bonds. The number of hydrogen-bond donors (Lipinski definition) is 1. The van der Waals surface area contributed by atoms with Crippen LogP contribution in [0.1, 0.15) is 29.7 Å². The van der Waals surface area contributed by atoms with Crippen molar-refractivity contribution in [2.45, 2.75) is 26.3 Å². The van der Waals surface area contributed by atoms with E-state index in [4.69, 9.17) is 14.2 Å². The van der Waals surface area contributed by atoms with Gasteiger partial charge in [0.2, 0.25) is 0 Å². The number of methoxy groups -OCH3 is 3. The molecule has 1 unspecified atom stereocenters. The number of rotatable bonds is 3. The normalized spacial score (nSPS) is 18.2. The van der Waals surface area contributed by atoms with E-state index < -0.39 is 0 Å². The van der Waals surface area contributed by atoms with Crippen molar-refractivity contribution in [1.29, 1.82) is 0 Å². The lowest BCUT2D eigenvalue weighted by Crippen LogP contribution is -2.29. The predicted molar refractivity (Wildman–Crippen MR) is 71.0 cm³/mol. The van der Waals surface area contributed by atoms with Crippen LogP contribution in [0.25, 0.3) is 0 Å². The first-order chi connectivity index (χ1) is 8.65. The summed E-state index contributed by atoms with van der Waals surface area (Å²) in [6.45, 7) is 5.10. The monoisotopic (exact) mass is 251 g/mol. The van der Waals surface area contributed by atoms with Gasteiger partial charge in [-0.15, -0.1) is 0 Å². The molecule has 18 heavy (non-hydrogen) atoms. The molecule has 1 atom stereocenters. The van der Waals surface area contributed by atoms with Gasteiger partial charge in [0.25, 0.3) is 0 Å². The molecular weight excluding hydrogens is 230 g/mol. The van der Waals surface area contributed by atoms with Crippen LogP contribution in [0.5, 0.6) is 17.2 Å². The van der Waals surface area contributed by atoms with Crippen LogP contribution in [-0.2, 0) is 6.42 Å². The van der Waals surface area contributed by atoms with Crippen molar-refractivity contribution in [3.63, 3.8) is 0 Å². The first-order valence-corrected chi connectivity index (χ1v) is 6.20. The third-order valence-electron chi connectivity index (χ3n) is 3.60. The SMILES string of the molecule is COc1c(C)c(OC)c(OC)c2c1CCNC2C. The number of nitrogens with one attached hydrogen (secondary N) is 1. The fourth-order valence-corrected chi connectivity index (χ4v) is 2.83.